The predicted molar refractivity (Wildman–Crippen MR) is 186 cm³/mol. The van der Waals surface area contributed by atoms with Crippen molar-refractivity contribution >= 4 is 45.5 Å². The van der Waals surface area contributed by atoms with Crippen molar-refractivity contribution in [2.75, 3.05) is 58.2 Å². The van der Waals surface area contributed by atoms with E-state index in [0.717, 1.165) is 99.9 Å². The lowest BCUT2D eigenvalue weighted by Gasteiger charge is -2.34. The maximum absolute atomic E-state index is 12.7. The number of aromatic nitrogens is 3. The number of aliphatic hydroxyl groups excluding tert-OH is 2. The average Bonchev–Trinajstić information content (AvgIpc) is 3.62. The first-order chi connectivity index (χ1) is 23.2. The summed E-state index contributed by atoms with van der Waals surface area (Å²) in [5.41, 5.74) is 9.35. The molecule has 0 saturated carbocycles. The van der Waals surface area contributed by atoms with Crippen molar-refractivity contribution in [1.82, 2.24) is 29.2 Å². The number of imide groups is 1. The van der Waals surface area contributed by atoms with Gasteiger partial charge in [-0.1, -0.05) is 38.8 Å². The van der Waals surface area contributed by atoms with Gasteiger partial charge in [-0.3, -0.25) is 24.2 Å². The third kappa shape index (κ3) is 8.22. The van der Waals surface area contributed by atoms with Crippen LogP contribution in [0.5, 0.6) is 0 Å². The van der Waals surface area contributed by atoms with Crippen LogP contribution in [0.3, 0.4) is 0 Å². The van der Waals surface area contributed by atoms with E-state index in [0.29, 0.717) is 37.3 Å². The Hall–Kier alpha value is -3.87. The quantitative estimate of drug-likeness (QED) is 0.146. The number of nitrogens with zero attached hydrogens (tertiary/aromatic N) is 6. The standard InChI is InChI=1S/C36H51N7O5/c1-3-4-10-29-39-33-34(43(29)23-36(2,24-44)25-45)27-13-12-26(22-28(27)38-35(33)37)9-8-16-40-18-20-41(21-19-40)30(46)11-6-5-7-17-42-31(47)14-15-32(42)48/h12-15,22,44-45H,3-11,16-21,23-25H2,1-2H3,(H2,37,38). The first kappa shape index (κ1) is 35.4. The summed E-state index contributed by atoms with van der Waals surface area (Å²) in [7, 11) is 0. The molecule has 48 heavy (non-hydrogen) atoms. The highest BCUT2D eigenvalue weighted by Crippen LogP contribution is 2.32. The highest BCUT2D eigenvalue weighted by atomic mass is 16.3. The van der Waals surface area contributed by atoms with Crippen LogP contribution in [0, 0.1) is 5.41 Å². The summed E-state index contributed by atoms with van der Waals surface area (Å²) in [4.78, 5) is 51.3. The molecular formula is C36H51N7O5. The molecule has 4 heterocycles. The van der Waals surface area contributed by atoms with Gasteiger partial charge in [-0.05, 0) is 50.3 Å². The molecule has 3 aromatic rings. The van der Waals surface area contributed by atoms with E-state index in [2.05, 4.69) is 34.6 Å². The molecule has 1 aromatic carbocycles. The van der Waals surface area contributed by atoms with Crippen LogP contribution in [0.1, 0.15) is 70.2 Å². The van der Waals surface area contributed by atoms with E-state index < -0.39 is 5.41 Å². The predicted octanol–water partition coefficient (Wildman–Crippen LogP) is 3.06. The summed E-state index contributed by atoms with van der Waals surface area (Å²) in [6, 6.07) is 6.36. The molecule has 1 saturated heterocycles. The molecule has 2 aliphatic rings. The number of anilines is 1. The third-order valence-corrected chi connectivity index (χ3v) is 9.74. The van der Waals surface area contributed by atoms with Gasteiger partial charge >= 0.3 is 0 Å². The number of unbranched alkanes of at least 4 members (excludes halogenated alkanes) is 3. The van der Waals surface area contributed by atoms with E-state index in [1.165, 1.54) is 22.6 Å². The van der Waals surface area contributed by atoms with E-state index >= 15 is 0 Å². The number of aryl methyl sites for hydroxylation is 2. The largest absolute Gasteiger partial charge is 0.396 e. The number of carbonyl (C=O) groups is 3. The number of nitrogens with two attached hydrogens (primary N) is 1. The number of piperazine rings is 1. The molecule has 260 valence electrons. The second kappa shape index (κ2) is 16.0. The normalized spacial score (nSPS) is 15.9. The van der Waals surface area contributed by atoms with E-state index in [9.17, 15) is 24.6 Å². The van der Waals surface area contributed by atoms with Crippen molar-refractivity contribution in [3.63, 3.8) is 0 Å². The Morgan fingerprint density at radius 1 is 0.917 bits per heavy atom. The molecule has 12 heteroatoms. The summed E-state index contributed by atoms with van der Waals surface area (Å²) >= 11 is 0. The number of nitrogen functional groups attached to an aromatic ring is 1. The average molecular weight is 662 g/mol. The van der Waals surface area contributed by atoms with Gasteiger partial charge in [0.2, 0.25) is 5.91 Å². The first-order valence-corrected chi connectivity index (χ1v) is 17.5. The second-order valence-electron chi connectivity index (χ2n) is 13.7. The first-order valence-electron chi connectivity index (χ1n) is 17.5. The smallest absolute Gasteiger partial charge is 0.253 e. The molecule has 0 atom stereocenters. The Kier molecular flexibility index (Phi) is 11.8. The molecule has 12 nitrogen and oxygen atoms in total. The van der Waals surface area contributed by atoms with Gasteiger partial charge < -0.3 is 25.4 Å². The molecule has 2 aliphatic heterocycles. The van der Waals surface area contributed by atoms with E-state index in [-0.39, 0.29) is 30.9 Å². The Morgan fingerprint density at radius 3 is 2.33 bits per heavy atom. The molecule has 0 unspecified atom stereocenters. The number of pyridine rings is 1. The van der Waals surface area contributed by atoms with Crippen molar-refractivity contribution in [2.24, 2.45) is 5.41 Å². The molecule has 3 amide bonds. The number of amides is 3. The minimum atomic E-state index is -0.698. The lowest BCUT2D eigenvalue weighted by atomic mass is 9.92. The Labute approximate surface area is 282 Å². The summed E-state index contributed by atoms with van der Waals surface area (Å²) in [5, 5.41) is 21.1. The molecule has 0 bridgehead atoms. The molecule has 4 N–H and O–H groups in total. The van der Waals surface area contributed by atoms with Crippen molar-refractivity contribution in [1.29, 1.82) is 0 Å². The number of hydrogen-bond donors (Lipinski definition) is 3. The molecular weight excluding hydrogens is 610 g/mol. The Morgan fingerprint density at radius 2 is 1.65 bits per heavy atom. The van der Waals surface area contributed by atoms with E-state index in [1.54, 1.807) is 0 Å². The minimum absolute atomic E-state index is 0.141. The van der Waals surface area contributed by atoms with Gasteiger partial charge in [-0.15, -0.1) is 0 Å². The number of carbonyl (C=O) groups excluding carboxylic acids is 3. The molecule has 0 spiro atoms. The lowest BCUT2D eigenvalue weighted by molar-refractivity contribution is -0.137. The molecule has 1 fully saturated rings. The second-order valence-corrected chi connectivity index (χ2v) is 13.7. The molecule has 5 rings (SSSR count). The molecule has 0 radical (unpaired) electrons. The lowest BCUT2D eigenvalue weighted by Crippen LogP contribution is -2.48. The number of hydrogen-bond acceptors (Lipinski definition) is 9. The Bertz CT molecular complexity index is 1620. The van der Waals surface area contributed by atoms with E-state index in [1.807, 2.05) is 11.8 Å². The van der Waals surface area contributed by atoms with Crippen LogP contribution in [0.25, 0.3) is 21.9 Å². The van der Waals surface area contributed by atoms with E-state index in [4.69, 9.17) is 15.7 Å². The number of fused-ring (bicyclic) bond motifs is 3. The van der Waals surface area contributed by atoms with Crippen molar-refractivity contribution in [3.05, 3.63) is 41.7 Å². The summed E-state index contributed by atoms with van der Waals surface area (Å²) in [5.74, 6) is 0.963. The van der Waals surface area contributed by atoms with Crippen LogP contribution >= 0.6 is 0 Å². The summed E-state index contributed by atoms with van der Waals surface area (Å²) < 4.78 is 2.13. The van der Waals surface area contributed by atoms with Gasteiger partial charge in [0.05, 0.1) is 24.2 Å². The fourth-order valence-electron chi connectivity index (χ4n) is 6.65. The number of rotatable bonds is 17. The number of imidazole rings is 1. The zero-order valence-corrected chi connectivity index (χ0v) is 28.5. The van der Waals surface area contributed by atoms with Gasteiger partial charge in [-0.25, -0.2) is 9.97 Å². The third-order valence-electron chi connectivity index (χ3n) is 9.74. The van der Waals surface area contributed by atoms with Gasteiger partial charge in [0.1, 0.15) is 11.3 Å². The van der Waals surface area contributed by atoms with Gasteiger partial charge in [0.25, 0.3) is 11.8 Å². The van der Waals surface area contributed by atoms with Crippen LogP contribution in [0.4, 0.5) is 5.82 Å². The highest BCUT2D eigenvalue weighted by molar-refractivity contribution is 6.12. The van der Waals surface area contributed by atoms with Crippen LogP contribution in [0.15, 0.2) is 30.4 Å². The minimum Gasteiger partial charge on any atom is -0.396 e. The summed E-state index contributed by atoms with van der Waals surface area (Å²) in [6.45, 7) is 8.70. The zero-order chi connectivity index (χ0) is 34.3. The van der Waals surface area contributed by atoms with Crippen molar-refractivity contribution < 1.29 is 24.6 Å². The molecule has 0 aliphatic carbocycles. The monoisotopic (exact) mass is 661 g/mol. The van der Waals surface area contributed by atoms with Crippen molar-refractivity contribution in [3.8, 4) is 0 Å². The van der Waals surface area contributed by atoms with Gasteiger partial charge in [0.15, 0.2) is 5.82 Å². The maximum atomic E-state index is 12.7. The summed E-state index contributed by atoms with van der Waals surface area (Å²) in [6.07, 6.45) is 10.1. The van der Waals surface area contributed by atoms with Gasteiger partial charge in [0, 0.05) is 75.1 Å². The highest BCUT2D eigenvalue weighted by Gasteiger charge is 2.28. The fraction of sp³-hybridized carbons (Fsp3) is 0.583. The zero-order valence-electron chi connectivity index (χ0n) is 28.5. The van der Waals surface area contributed by atoms with Crippen LogP contribution in [-0.4, -0.2) is 110 Å². The van der Waals surface area contributed by atoms with Crippen LogP contribution in [-0.2, 0) is 33.8 Å². The Balaban J connectivity index is 1.12. The maximum Gasteiger partial charge on any atom is 0.253 e. The van der Waals surface area contributed by atoms with Gasteiger partial charge in [-0.2, -0.15) is 0 Å². The number of benzene rings is 1. The fourth-order valence-corrected chi connectivity index (χ4v) is 6.65. The topological polar surface area (TPSA) is 158 Å². The molecule has 2 aromatic heterocycles. The SMILES string of the molecule is CCCCc1nc2c(N)nc3cc(CCCN4CCN(C(=O)CCCCCN5C(=O)C=CC5=O)CC4)ccc3c2n1CC(C)(CO)CO. The van der Waals surface area contributed by atoms with Crippen LogP contribution < -0.4 is 5.73 Å². The van der Waals surface area contributed by atoms with Crippen LogP contribution in [0.2, 0.25) is 0 Å². The van der Waals surface area contributed by atoms with Crippen molar-refractivity contribution in [2.45, 2.75) is 78.2 Å². The number of aliphatic hydroxyl groups is 2.